The molecule has 0 saturated heterocycles. The number of benzene rings is 1. The van der Waals surface area contributed by atoms with Gasteiger partial charge in [-0.1, -0.05) is 32.4 Å². The van der Waals surface area contributed by atoms with Crippen LogP contribution in [0.4, 0.5) is 0 Å². The quantitative estimate of drug-likeness (QED) is 0.679. The molecule has 0 heterocycles. The van der Waals surface area contributed by atoms with E-state index in [1.54, 1.807) is 28.6 Å². The molecular formula is C15H24ClNO2S. The highest BCUT2D eigenvalue weighted by atomic mass is 35.5. The monoisotopic (exact) mass is 317 g/mol. The van der Waals surface area contributed by atoms with Gasteiger partial charge >= 0.3 is 0 Å². The topological polar surface area (TPSA) is 37.4 Å². The van der Waals surface area contributed by atoms with Gasteiger partial charge in [-0.3, -0.25) is 0 Å². The second-order valence-corrected chi connectivity index (χ2v) is 7.16. The van der Waals surface area contributed by atoms with Crippen molar-refractivity contribution in [2.75, 3.05) is 6.54 Å². The summed E-state index contributed by atoms with van der Waals surface area (Å²) in [6.07, 6.45) is 2.67. The molecule has 0 amide bonds. The fourth-order valence-electron chi connectivity index (χ4n) is 1.98. The number of nitrogens with zero attached hydrogens (tertiary/aromatic N) is 1. The van der Waals surface area contributed by atoms with Crippen molar-refractivity contribution in [3.63, 3.8) is 0 Å². The first-order valence-electron chi connectivity index (χ1n) is 7.14. The predicted molar refractivity (Wildman–Crippen MR) is 84.6 cm³/mol. The lowest BCUT2D eigenvalue weighted by molar-refractivity contribution is 0.324. The molecule has 3 nitrogen and oxygen atoms in total. The third-order valence-corrected chi connectivity index (χ3v) is 5.84. The fraction of sp³-hybridized carbons (Fsp3) is 0.600. The van der Waals surface area contributed by atoms with Crippen LogP contribution in [-0.4, -0.2) is 25.3 Å². The summed E-state index contributed by atoms with van der Waals surface area (Å²) in [6.45, 7) is 6.61. The van der Waals surface area contributed by atoms with Crippen LogP contribution >= 0.6 is 11.6 Å². The van der Waals surface area contributed by atoms with Crippen molar-refractivity contribution >= 4 is 21.6 Å². The Balaban J connectivity index is 3.07. The van der Waals surface area contributed by atoms with Crippen LogP contribution in [0.5, 0.6) is 0 Å². The molecule has 20 heavy (non-hydrogen) atoms. The summed E-state index contributed by atoms with van der Waals surface area (Å²) in [5, 5.41) is 0. The zero-order chi connectivity index (χ0) is 15.2. The Morgan fingerprint density at radius 1 is 1.20 bits per heavy atom. The summed E-state index contributed by atoms with van der Waals surface area (Å²) >= 11 is 5.74. The predicted octanol–water partition coefficient (Wildman–Crippen LogP) is 4.01. The summed E-state index contributed by atoms with van der Waals surface area (Å²) in [5.74, 6) is 0.394. The zero-order valence-corrected chi connectivity index (χ0v) is 14.0. The van der Waals surface area contributed by atoms with Crippen LogP contribution in [0.25, 0.3) is 0 Å². The summed E-state index contributed by atoms with van der Waals surface area (Å²) in [7, 11) is -3.42. The minimum atomic E-state index is -3.42. The van der Waals surface area contributed by atoms with Gasteiger partial charge in [0.1, 0.15) is 0 Å². The van der Waals surface area contributed by atoms with Crippen LogP contribution in [-0.2, 0) is 15.9 Å². The summed E-state index contributed by atoms with van der Waals surface area (Å²) in [4.78, 5) is 0.350. The van der Waals surface area contributed by atoms with Gasteiger partial charge in [-0.25, -0.2) is 8.42 Å². The minimum absolute atomic E-state index is 0.0132. The van der Waals surface area contributed by atoms with Crippen molar-refractivity contribution in [3.05, 3.63) is 29.8 Å². The van der Waals surface area contributed by atoms with Crippen molar-refractivity contribution in [1.82, 2.24) is 4.31 Å². The molecule has 0 aliphatic carbocycles. The normalized spacial score (nSPS) is 13.7. The molecule has 0 fully saturated rings. The standard InChI is InChI=1S/C15H24ClNO2S/c1-4-6-11-17(13(3)5-2)20(18,19)15-9-7-14(12-16)8-10-15/h7-10,13H,4-6,11-12H2,1-3H3. The van der Waals surface area contributed by atoms with Gasteiger partial charge in [0.15, 0.2) is 0 Å². The van der Waals surface area contributed by atoms with Crippen molar-refractivity contribution in [1.29, 1.82) is 0 Å². The van der Waals surface area contributed by atoms with E-state index >= 15 is 0 Å². The average molecular weight is 318 g/mol. The molecule has 0 N–H and O–H groups in total. The maximum atomic E-state index is 12.7. The van der Waals surface area contributed by atoms with E-state index in [2.05, 4.69) is 6.92 Å². The lowest BCUT2D eigenvalue weighted by atomic mass is 10.2. The number of hydrogen-bond acceptors (Lipinski definition) is 2. The molecular weight excluding hydrogens is 294 g/mol. The molecule has 0 aliphatic rings. The third-order valence-electron chi connectivity index (χ3n) is 3.50. The minimum Gasteiger partial charge on any atom is -0.207 e. The maximum absolute atomic E-state index is 12.7. The summed E-state index contributed by atoms with van der Waals surface area (Å²) in [6, 6.07) is 6.85. The first-order chi connectivity index (χ1) is 9.47. The third kappa shape index (κ3) is 4.21. The van der Waals surface area contributed by atoms with Gasteiger partial charge in [0, 0.05) is 18.5 Å². The first kappa shape index (κ1) is 17.5. The molecule has 0 bridgehead atoms. The van der Waals surface area contributed by atoms with Gasteiger partial charge in [-0.15, -0.1) is 11.6 Å². The van der Waals surface area contributed by atoms with Crippen LogP contribution in [0.15, 0.2) is 29.2 Å². The molecule has 0 aliphatic heterocycles. The van der Waals surface area contributed by atoms with Crippen molar-refractivity contribution < 1.29 is 8.42 Å². The van der Waals surface area contributed by atoms with Crippen molar-refractivity contribution in [3.8, 4) is 0 Å². The summed E-state index contributed by atoms with van der Waals surface area (Å²) in [5.41, 5.74) is 0.925. The number of sulfonamides is 1. The molecule has 0 spiro atoms. The van der Waals surface area contributed by atoms with Gasteiger partial charge in [-0.2, -0.15) is 4.31 Å². The Bertz CT molecular complexity index is 499. The lowest BCUT2D eigenvalue weighted by Gasteiger charge is -2.27. The van der Waals surface area contributed by atoms with Crippen molar-refractivity contribution in [2.45, 2.75) is 56.9 Å². The van der Waals surface area contributed by atoms with E-state index in [0.717, 1.165) is 24.8 Å². The van der Waals surface area contributed by atoms with Crippen LogP contribution in [0, 0.1) is 0 Å². The Morgan fingerprint density at radius 2 is 1.80 bits per heavy atom. The average Bonchev–Trinajstić information content (AvgIpc) is 2.47. The molecule has 0 saturated carbocycles. The highest BCUT2D eigenvalue weighted by Gasteiger charge is 2.27. The lowest BCUT2D eigenvalue weighted by Crippen LogP contribution is -2.39. The fourth-order valence-corrected chi connectivity index (χ4v) is 3.90. The molecule has 0 radical (unpaired) electrons. The maximum Gasteiger partial charge on any atom is 0.243 e. The number of unbranched alkanes of at least 4 members (excludes halogenated alkanes) is 1. The van der Waals surface area contributed by atoms with E-state index in [4.69, 9.17) is 11.6 Å². The van der Waals surface area contributed by atoms with Crippen molar-refractivity contribution in [2.24, 2.45) is 0 Å². The first-order valence-corrected chi connectivity index (χ1v) is 9.11. The van der Waals surface area contributed by atoms with Gasteiger partial charge in [-0.05, 0) is 37.5 Å². The Hall–Kier alpha value is -0.580. The van der Waals surface area contributed by atoms with E-state index in [0.29, 0.717) is 17.3 Å². The van der Waals surface area contributed by atoms with E-state index in [9.17, 15) is 8.42 Å². The SMILES string of the molecule is CCCCN(C(C)CC)S(=O)(=O)c1ccc(CCl)cc1. The number of halogens is 1. The molecule has 1 aromatic rings. The number of alkyl halides is 1. The van der Waals surface area contributed by atoms with E-state index in [-0.39, 0.29) is 6.04 Å². The van der Waals surface area contributed by atoms with Crippen LogP contribution < -0.4 is 0 Å². The second-order valence-electron chi connectivity index (χ2n) is 5.00. The largest absolute Gasteiger partial charge is 0.243 e. The van der Waals surface area contributed by atoms with Gasteiger partial charge in [0.2, 0.25) is 10.0 Å². The molecule has 1 rings (SSSR count). The Morgan fingerprint density at radius 3 is 2.25 bits per heavy atom. The highest BCUT2D eigenvalue weighted by Crippen LogP contribution is 2.21. The zero-order valence-electron chi connectivity index (χ0n) is 12.5. The number of hydrogen-bond donors (Lipinski definition) is 0. The van der Waals surface area contributed by atoms with E-state index in [1.165, 1.54) is 0 Å². The van der Waals surface area contributed by atoms with E-state index in [1.807, 2.05) is 13.8 Å². The highest BCUT2D eigenvalue weighted by molar-refractivity contribution is 7.89. The molecule has 1 aromatic carbocycles. The van der Waals surface area contributed by atoms with Gasteiger partial charge in [0.25, 0.3) is 0 Å². The molecule has 1 atom stereocenters. The summed E-state index contributed by atoms with van der Waals surface area (Å²) < 4.78 is 27.1. The Kier molecular flexibility index (Phi) is 7.00. The van der Waals surface area contributed by atoms with Gasteiger partial charge in [0.05, 0.1) is 4.90 Å². The molecule has 1 unspecified atom stereocenters. The second kappa shape index (κ2) is 8.01. The van der Waals surface area contributed by atoms with Crippen LogP contribution in [0.3, 0.4) is 0 Å². The van der Waals surface area contributed by atoms with E-state index < -0.39 is 10.0 Å². The Labute approximate surface area is 128 Å². The van der Waals surface area contributed by atoms with Crippen LogP contribution in [0.2, 0.25) is 0 Å². The smallest absolute Gasteiger partial charge is 0.207 e. The van der Waals surface area contributed by atoms with Gasteiger partial charge < -0.3 is 0 Å². The molecule has 0 aromatic heterocycles. The number of rotatable bonds is 8. The molecule has 114 valence electrons. The molecule has 5 heteroatoms. The van der Waals surface area contributed by atoms with Crippen LogP contribution in [0.1, 0.15) is 45.6 Å².